The highest BCUT2D eigenvalue weighted by Crippen LogP contribution is 2.22. The molecule has 0 aromatic carbocycles. The molecule has 1 N–H and O–H groups in total. The molecule has 1 rings (SSSR count). The van der Waals surface area contributed by atoms with Gasteiger partial charge in [-0.1, -0.05) is 6.92 Å². The number of anilines is 1. The van der Waals surface area contributed by atoms with Crippen LogP contribution in [0.4, 0.5) is 5.13 Å². The van der Waals surface area contributed by atoms with E-state index < -0.39 is 0 Å². The molecule has 1 aromatic heterocycles. The molecule has 4 nitrogen and oxygen atoms in total. The van der Waals surface area contributed by atoms with Crippen molar-refractivity contribution in [2.75, 3.05) is 31.7 Å². The SMILES string of the molecule is CCNCc1csc(N(CCOC)C(C)C)n1. The molecular formula is C12H23N3OS. The number of nitrogens with zero attached hydrogens (tertiary/aromatic N) is 2. The van der Waals surface area contributed by atoms with E-state index in [-0.39, 0.29) is 0 Å². The van der Waals surface area contributed by atoms with E-state index in [4.69, 9.17) is 4.74 Å². The predicted octanol–water partition coefficient (Wildman–Crippen LogP) is 2.11. The second-order valence-electron chi connectivity index (χ2n) is 4.18. The van der Waals surface area contributed by atoms with Crippen LogP contribution in [0.5, 0.6) is 0 Å². The lowest BCUT2D eigenvalue weighted by molar-refractivity contribution is 0.204. The Hall–Kier alpha value is -0.650. The monoisotopic (exact) mass is 257 g/mol. The molecule has 5 heteroatoms. The summed E-state index contributed by atoms with van der Waals surface area (Å²) in [7, 11) is 1.73. The van der Waals surface area contributed by atoms with Crippen molar-refractivity contribution >= 4 is 16.5 Å². The fourth-order valence-corrected chi connectivity index (χ4v) is 2.51. The van der Waals surface area contributed by atoms with Crippen LogP contribution in [0.1, 0.15) is 26.5 Å². The van der Waals surface area contributed by atoms with E-state index >= 15 is 0 Å². The van der Waals surface area contributed by atoms with Crippen molar-refractivity contribution in [1.82, 2.24) is 10.3 Å². The molecule has 0 aliphatic rings. The number of thiazole rings is 1. The molecule has 0 bridgehead atoms. The van der Waals surface area contributed by atoms with Crippen molar-refractivity contribution in [3.8, 4) is 0 Å². The molecule has 0 aliphatic heterocycles. The summed E-state index contributed by atoms with van der Waals surface area (Å²) in [6.07, 6.45) is 0. The minimum atomic E-state index is 0.447. The third-order valence-electron chi connectivity index (χ3n) is 2.50. The van der Waals surface area contributed by atoms with Gasteiger partial charge in [0.05, 0.1) is 12.3 Å². The number of nitrogens with one attached hydrogen (secondary N) is 1. The van der Waals surface area contributed by atoms with Gasteiger partial charge in [-0.05, 0) is 20.4 Å². The highest BCUT2D eigenvalue weighted by molar-refractivity contribution is 7.13. The van der Waals surface area contributed by atoms with E-state index in [0.29, 0.717) is 6.04 Å². The van der Waals surface area contributed by atoms with Crippen LogP contribution in [0.15, 0.2) is 5.38 Å². The number of hydrogen-bond donors (Lipinski definition) is 1. The zero-order chi connectivity index (χ0) is 12.7. The lowest BCUT2D eigenvalue weighted by atomic mass is 10.3. The maximum Gasteiger partial charge on any atom is 0.185 e. The van der Waals surface area contributed by atoms with Crippen molar-refractivity contribution in [3.63, 3.8) is 0 Å². The molecule has 17 heavy (non-hydrogen) atoms. The first-order chi connectivity index (χ1) is 8.19. The number of rotatable bonds is 8. The van der Waals surface area contributed by atoms with Crippen LogP contribution in [-0.2, 0) is 11.3 Å². The quantitative estimate of drug-likeness (QED) is 0.774. The number of ether oxygens (including phenoxy) is 1. The van der Waals surface area contributed by atoms with E-state index in [1.54, 1.807) is 18.4 Å². The van der Waals surface area contributed by atoms with Gasteiger partial charge >= 0.3 is 0 Å². The van der Waals surface area contributed by atoms with E-state index in [1.807, 2.05) is 0 Å². The lowest BCUT2D eigenvalue weighted by Crippen LogP contribution is -2.33. The Balaban J connectivity index is 2.63. The molecular weight excluding hydrogens is 234 g/mol. The van der Waals surface area contributed by atoms with Crippen molar-refractivity contribution < 1.29 is 4.74 Å². The Labute approximate surface area is 108 Å². The third kappa shape index (κ3) is 4.61. The maximum absolute atomic E-state index is 5.14. The van der Waals surface area contributed by atoms with Gasteiger partial charge in [-0.15, -0.1) is 11.3 Å². The minimum absolute atomic E-state index is 0.447. The minimum Gasteiger partial charge on any atom is -0.383 e. The fraction of sp³-hybridized carbons (Fsp3) is 0.750. The molecule has 0 amide bonds. The van der Waals surface area contributed by atoms with Gasteiger partial charge in [0.15, 0.2) is 5.13 Å². The van der Waals surface area contributed by atoms with Gasteiger partial charge in [-0.3, -0.25) is 0 Å². The zero-order valence-electron chi connectivity index (χ0n) is 11.2. The van der Waals surface area contributed by atoms with Gasteiger partial charge in [-0.2, -0.15) is 0 Å². The molecule has 0 saturated heterocycles. The molecule has 0 unspecified atom stereocenters. The highest BCUT2D eigenvalue weighted by Gasteiger charge is 2.13. The van der Waals surface area contributed by atoms with Gasteiger partial charge in [0.25, 0.3) is 0 Å². The second-order valence-corrected chi connectivity index (χ2v) is 5.02. The summed E-state index contributed by atoms with van der Waals surface area (Å²) in [4.78, 5) is 6.93. The van der Waals surface area contributed by atoms with E-state index in [0.717, 1.165) is 37.1 Å². The summed E-state index contributed by atoms with van der Waals surface area (Å²) < 4.78 is 5.14. The van der Waals surface area contributed by atoms with Crippen LogP contribution in [0.3, 0.4) is 0 Å². The van der Waals surface area contributed by atoms with Crippen molar-refractivity contribution in [2.45, 2.75) is 33.4 Å². The van der Waals surface area contributed by atoms with Crippen molar-refractivity contribution in [3.05, 3.63) is 11.1 Å². The molecule has 0 saturated carbocycles. The smallest absolute Gasteiger partial charge is 0.185 e. The standard InChI is InChI=1S/C12H23N3OS/c1-5-13-8-11-9-17-12(14-11)15(10(2)3)6-7-16-4/h9-10,13H,5-8H2,1-4H3. The maximum atomic E-state index is 5.14. The number of hydrogen-bond acceptors (Lipinski definition) is 5. The van der Waals surface area contributed by atoms with Crippen LogP contribution >= 0.6 is 11.3 Å². The van der Waals surface area contributed by atoms with Crippen LogP contribution in [0.25, 0.3) is 0 Å². The summed E-state index contributed by atoms with van der Waals surface area (Å²) in [5.41, 5.74) is 1.12. The Bertz CT molecular complexity index is 314. The molecule has 98 valence electrons. The molecule has 0 radical (unpaired) electrons. The summed E-state index contributed by atoms with van der Waals surface area (Å²) >= 11 is 1.71. The number of aromatic nitrogens is 1. The van der Waals surface area contributed by atoms with E-state index in [9.17, 15) is 0 Å². The normalized spacial score (nSPS) is 11.1. The van der Waals surface area contributed by atoms with Crippen LogP contribution in [-0.4, -0.2) is 37.8 Å². The summed E-state index contributed by atoms with van der Waals surface area (Å²) in [6.45, 7) is 9.92. The Morgan fingerprint density at radius 3 is 2.88 bits per heavy atom. The first kappa shape index (κ1) is 14.4. The van der Waals surface area contributed by atoms with Crippen molar-refractivity contribution in [2.24, 2.45) is 0 Å². The second kappa shape index (κ2) is 7.63. The van der Waals surface area contributed by atoms with Gasteiger partial charge in [0.2, 0.25) is 0 Å². The van der Waals surface area contributed by atoms with Crippen LogP contribution in [0.2, 0.25) is 0 Å². The highest BCUT2D eigenvalue weighted by atomic mass is 32.1. The van der Waals surface area contributed by atoms with Gasteiger partial charge in [0.1, 0.15) is 0 Å². The van der Waals surface area contributed by atoms with Crippen LogP contribution in [0, 0.1) is 0 Å². The van der Waals surface area contributed by atoms with Crippen molar-refractivity contribution in [1.29, 1.82) is 0 Å². The zero-order valence-corrected chi connectivity index (χ0v) is 12.0. The number of methoxy groups -OCH3 is 1. The average Bonchev–Trinajstić information content (AvgIpc) is 2.75. The molecule has 1 heterocycles. The molecule has 0 atom stereocenters. The van der Waals surface area contributed by atoms with Crippen LogP contribution < -0.4 is 10.2 Å². The Kier molecular flexibility index (Phi) is 6.47. The Morgan fingerprint density at radius 2 is 2.29 bits per heavy atom. The van der Waals surface area contributed by atoms with Gasteiger partial charge in [-0.25, -0.2) is 4.98 Å². The summed E-state index contributed by atoms with van der Waals surface area (Å²) in [5, 5.41) is 6.50. The predicted molar refractivity (Wildman–Crippen MR) is 73.9 cm³/mol. The van der Waals surface area contributed by atoms with E-state index in [2.05, 4.69) is 41.4 Å². The molecule has 0 spiro atoms. The third-order valence-corrected chi connectivity index (χ3v) is 3.43. The molecule has 0 fully saturated rings. The fourth-order valence-electron chi connectivity index (χ4n) is 1.53. The lowest BCUT2D eigenvalue weighted by Gasteiger charge is -2.25. The topological polar surface area (TPSA) is 37.4 Å². The van der Waals surface area contributed by atoms with Gasteiger partial charge < -0.3 is 15.0 Å². The first-order valence-electron chi connectivity index (χ1n) is 6.09. The largest absolute Gasteiger partial charge is 0.383 e. The van der Waals surface area contributed by atoms with E-state index in [1.165, 1.54) is 0 Å². The first-order valence-corrected chi connectivity index (χ1v) is 6.97. The molecule has 1 aromatic rings. The summed E-state index contributed by atoms with van der Waals surface area (Å²) in [6, 6.07) is 0.447. The Morgan fingerprint density at radius 1 is 1.53 bits per heavy atom. The average molecular weight is 257 g/mol. The summed E-state index contributed by atoms with van der Waals surface area (Å²) in [5.74, 6) is 0. The van der Waals surface area contributed by atoms with Gasteiger partial charge in [0, 0.05) is 31.6 Å². The molecule has 0 aliphatic carbocycles.